The van der Waals surface area contributed by atoms with Crippen LogP contribution in [-0.4, -0.2) is 36.1 Å². The van der Waals surface area contributed by atoms with Crippen molar-refractivity contribution in [2.24, 2.45) is 10.9 Å². The van der Waals surface area contributed by atoms with Gasteiger partial charge < -0.3 is 14.0 Å². The minimum Gasteiger partial charge on any atom is -0.468 e. The van der Waals surface area contributed by atoms with E-state index in [1.165, 1.54) is 18.4 Å². The van der Waals surface area contributed by atoms with E-state index in [1.54, 1.807) is 29.7 Å². The molecule has 2 aromatic rings. The number of methoxy groups -OCH3 is 1. The summed E-state index contributed by atoms with van der Waals surface area (Å²) < 4.78 is 12.1. The molecule has 1 fully saturated rings. The number of hydrogen-bond donors (Lipinski definition) is 0. The summed E-state index contributed by atoms with van der Waals surface area (Å²) >= 11 is 1.26. The SMILES string of the molecule is CCOC(=O)c1ccc2c(c1)sc(=NC(=O)C1CC1)n2CC(=O)OC. The van der Waals surface area contributed by atoms with Crippen molar-refractivity contribution in [2.45, 2.75) is 26.3 Å². The number of carbonyl (C=O) groups excluding carboxylic acids is 3. The van der Waals surface area contributed by atoms with Crippen molar-refractivity contribution in [3.8, 4) is 0 Å². The molecule has 1 amide bonds. The molecular formula is C17H18N2O5S. The van der Waals surface area contributed by atoms with E-state index >= 15 is 0 Å². The highest BCUT2D eigenvalue weighted by Crippen LogP contribution is 2.30. The maximum absolute atomic E-state index is 12.1. The molecule has 1 heterocycles. The van der Waals surface area contributed by atoms with Gasteiger partial charge in [0.1, 0.15) is 6.54 Å². The molecule has 1 aliphatic carbocycles. The van der Waals surface area contributed by atoms with Gasteiger partial charge in [0.15, 0.2) is 4.80 Å². The molecule has 1 aromatic heterocycles. The van der Waals surface area contributed by atoms with Crippen LogP contribution >= 0.6 is 11.3 Å². The molecule has 8 heteroatoms. The van der Waals surface area contributed by atoms with E-state index in [9.17, 15) is 14.4 Å². The molecular weight excluding hydrogens is 344 g/mol. The van der Waals surface area contributed by atoms with E-state index in [2.05, 4.69) is 4.99 Å². The Morgan fingerprint density at radius 3 is 2.72 bits per heavy atom. The van der Waals surface area contributed by atoms with E-state index < -0.39 is 11.9 Å². The Balaban J connectivity index is 2.08. The van der Waals surface area contributed by atoms with Gasteiger partial charge in [-0.3, -0.25) is 9.59 Å². The minimum atomic E-state index is -0.436. The number of aromatic nitrogens is 1. The van der Waals surface area contributed by atoms with Gasteiger partial charge in [0.05, 0.1) is 29.5 Å². The lowest BCUT2D eigenvalue weighted by molar-refractivity contribution is -0.141. The Labute approximate surface area is 147 Å². The second-order valence-corrected chi connectivity index (χ2v) is 6.68. The normalized spacial score (nSPS) is 14.6. The minimum absolute atomic E-state index is 0.00752. The van der Waals surface area contributed by atoms with Crippen LogP contribution in [0.3, 0.4) is 0 Å². The smallest absolute Gasteiger partial charge is 0.338 e. The van der Waals surface area contributed by atoms with Crippen LogP contribution in [0, 0.1) is 5.92 Å². The molecule has 1 saturated carbocycles. The molecule has 3 rings (SSSR count). The molecule has 0 radical (unpaired) electrons. The van der Waals surface area contributed by atoms with Crippen LogP contribution in [-0.2, 0) is 25.6 Å². The fourth-order valence-electron chi connectivity index (χ4n) is 2.36. The summed E-state index contributed by atoms with van der Waals surface area (Å²) in [4.78, 5) is 40.3. The van der Waals surface area contributed by atoms with Gasteiger partial charge in [0, 0.05) is 5.92 Å². The fourth-order valence-corrected chi connectivity index (χ4v) is 3.44. The van der Waals surface area contributed by atoms with Crippen molar-refractivity contribution in [2.75, 3.05) is 13.7 Å². The zero-order valence-corrected chi connectivity index (χ0v) is 14.8. The van der Waals surface area contributed by atoms with E-state index in [4.69, 9.17) is 9.47 Å². The summed E-state index contributed by atoms with van der Waals surface area (Å²) in [5, 5.41) is 0. The predicted molar refractivity (Wildman–Crippen MR) is 91.1 cm³/mol. The lowest BCUT2D eigenvalue weighted by Gasteiger charge is -2.05. The average Bonchev–Trinajstić information content (AvgIpc) is 3.40. The Kier molecular flexibility index (Phi) is 4.98. The van der Waals surface area contributed by atoms with Crippen molar-refractivity contribution < 1.29 is 23.9 Å². The van der Waals surface area contributed by atoms with Gasteiger partial charge in [-0.1, -0.05) is 11.3 Å². The van der Waals surface area contributed by atoms with E-state index in [0.29, 0.717) is 22.5 Å². The third-order valence-electron chi connectivity index (χ3n) is 3.84. The van der Waals surface area contributed by atoms with E-state index in [-0.39, 0.29) is 18.4 Å². The van der Waals surface area contributed by atoms with Crippen molar-refractivity contribution in [1.82, 2.24) is 4.57 Å². The number of thiazole rings is 1. The van der Waals surface area contributed by atoms with Gasteiger partial charge in [-0.25, -0.2) is 4.79 Å². The van der Waals surface area contributed by atoms with Crippen molar-refractivity contribution in [3.63, 3.8) is 0 Å². The average molecular weight is 362 g/mol. The first-order valence-corrected chi connectivity index (χ1v) is 8.81. The molecule has 0 saturated heterocycles. The lowest BCUT2D eigenvalue weighted by atomic mass is 10.2. The van der Waals surface area contributed by atoms with E-state index in [1.807, 2.05) is 0 Å². The van der Waals surface area contributed by atoms with Gasteiger partial charge in [-0.2, -0.15) is 4.99 Å². The zero-order chi connectivity index (χ0) is 18.0. The van der Waals surface area contributed by atoms with Crippen LogP contribution < -0.4 is 4.80 Å². The number of carbonyl (C=O) groups is 3. The van der Waals surface area contributed by atoms with Gasteiger partial charge in [-0.15, -0.1) is 0 Å². The third kappa shape index (κ3) is 3.79. The fraction of sp³-hybridized carbons (Fsp3) is 0.412. The summed E-state index contributed by atoms with van der Waals surface area (Å²) in [5.74, 6) is -1.03. The Morgan fingerprint density at radius 1 is 1.32 bits per heavy atom. The van der Waals surface area contributed by atoms with Gasteiger partial charge in [-0.05, 0) is 38.0 Å². The van der Waals surface area contributed by atoms with Crippen LogP contribution in [0.25, 0.3) is 10.2 Å². The molecule has 25 heavy (non-hydrogen) atoms. The van der Waals surface area contributed by atoms with Crippen LogP contribution in [0.15, 0.2) is 23.2 Å². The summed E-state index contributed by atoms with van der Waals surface area (Å²) in [5.41, 5.74) is 1.13. The molecule has 0 bridgehead atoms. The molecule has 1 aromatic carbocycles. The van der Waals surface area contributed by atoms with Gasteiger partial charge in [0.2, 0.25) is 0 Å². The first-order valence-electron chi connectivity index (χ1n) is 7.99. The number of benzene rings is 1. The summed E-state index contributed by atoms with van der Waals surface area (Å²) in [6.45, 7) is 1.98. The van der Waals surface area contributed by atoms with Crippen LogP contribution in [0.4, 0.5) is 0 Å². The largest absolute Gasteiger partial charge is 0.468 e. The number of ether oxygens (including phenoxy) is 2. The quantitative estimate of drug-likeness (QED) is 0.758. The van der Waals surface area contributed by atoms with Crippen LogP contribution in [0.1, 0.15) is 30.1 Å². The Bertz CT molecular complexity index is 907. The van der Waals surface area contributed by atoms with E-state index in [0.717, 1.165) is 17.5 Å². The molecule has 0 atom stereocenters. The van der Waals surface area contributed by atoms with Crippen molar-refractivity contribution >= 4 is 39.4 Å². The van der Waals surface area contributed by atoms with Gasteiger partial charge in [0.25, 0.3) is 5.91 Å². The topological polar surface area (TPSA) is 87.0 Å². The maximum atomic E-state index is 12.1. The summed E-state index contributed by atoms with van der Waals surface area (Å²) in [6.07, 6.45) is 1.72. The highest BCUT2D eigenvalue weighted by Gasteiger charge is 2.29. The van der Waals surface area contributed by atoms with Crippen LogP contribution in [0.2, 0.25) is 0 Å². The third-order valence-corrected chi connectivity index (χ3v) is 4.88. The molecule has 7 nitrogen and oxygen atoms in total. The molecule has 1 aliphatic rings. The predicted octanol–water partition coefficient (Wildman–Crippen LogP) is 1.89. The summed E-state index contributed by atoms with van der Waals surface area (Å²) in [7, 11) is 1.31. The van der Waals surface area contributed by atoms with Crippen molar-refractivity contribution in [1.29, 1.82) is 0 Å². The Hall–Kier alpha value is -2.48. The highest BCUT2D eigenvalue weighted by atomic mass is 32.1. The van der Waals surface area contributed by atoms with Crippen LogP contribution in [0.5, 0.6) is 0 Å². The molecule has 132 valence electrons. The molecule has 0 spiro atoms. The maximum Gasteiger partial charge on any atom is 0.338 e. The first kappa shape index (κ1) is 17.3. The van der Waals surface area contributed by atoms with Gasteiger partial charge >= 0.3 is 11.9 Å². The lowest BCUT2D eigenvalue weighted by Crippen LogP contribution is -2.22. The molecule has 0 aliphatic heterocycles. The second-order valence-electron chi connectivity index (χ2n) is 5.67. The Morgan fingerprint density at radius 2 is 2.08 bits per heavy atom. The van der Waals surface area contributed by atoms with Crippen molar-refractivity contribution in [3.05, 3.63) is 28.6 Å². The number of hydrogen-bond acceptors (Lipinski definition) is 6. The molecule has 0 N–H and O–H groups in total. The second kappa shape index (κ2) is 7.18. The highest BCUT2D eigenvalue weighted by molar-refractivity contribution is 7.16. The first-order chi connectivity index (χ1) is 12.0. The standard InChI is InChI=1S/C17H18N2O5S/c1-3-24-16(22)11-6-7-12-13(8-11)25-17(18-15(21)10-4-5-10)19(12)9-14(20)23-2/h6-8,10H,3-5,9H2,1-2H3. The number of fused-ring (bicyclic) bond motifs is 1. The molecule has 0 unspecified atom stereocenters. The monoisotopic (exact) mass is 362 g/mol. The summed E-state index contributed by atoms with van der Waals surface area (Å²) in [6, 6.07) is 5.04. The zero-order valence-electron chi connectivity index (χ0n) is 14.0. The number of amides is 1. The number of esters is 2. The number of rotatable bonds is 5. The number of nitrogens with zero attached hydrogens (tertiary/aromatic N) is 2.